The normalized spacial score (nSPS) is 15.1. The molecule has 0 unspecified atom stereocenters. The summed E-state index contributed by atoms with van der Waals surface area (Å²) in [5, 5.41) is 15.1. The first kappa shape index (κ1) is 18.2. The highest BCUT2D eigenvalue weighted by molar-refractivity contribution is 5.86. The first-order chi connectivity index (χ1) is 13.1. The summed E-state index contributed by atoms with van der Waals surface area (Å²) >= 11 is 0. The number of benzene rings is 2. The number of halogens is 1. The SMILES string of the molecule is Cc1ccc2c(c1)c1c(n2C[C@@H](O)CNCc2ccccc2F)CCCC1. The van der Waals surface area contributed by atoms with Gasteiger partial charge in [0.25, 0.3) is 0 Å². The predicted octanol–water partition coefficient (Wildman–Crippen LogP) is 4.12. The molecule has 0 amide bonds. The quantitative estimate of drug-likeness (QED) is 0.689. The van der Waals surface area contributed by atoms with Crippen LogP contribution in [-0.2, 0) is 25.9 Å². The largest absolute Gasteiger partial charge is 0.390 e. The lowest BCUT2D eigenvalue weighted by molar-refractivity contribution is 0.151. The van der Waals surface area contributed by atoms with Gasteiger partial charge in [0.05, 0.1) is 12.6 Å². The first-order valence-corrected chi connectivity index (χ1v) is 9.86. The van der Waals surface area contributed by atoms with Gasteiger partial charge in [-0.05, 0) is 56.4 Å². The zero-order valence-corrected chi connectivity index (χ0v) is 15.8. The Morgan fingerprint density at radius 2 is 1.96 bits per heavy atom. The topological polar surface area (TPSA) is 37.2 Å². The fourth-order valence-electron chi connectivity index (χ4n) is 4.25. The van der Waals surface area contributed by atoms with Crippen molar-refractivity contribution in [3.63, 3.8) is 0 Å². The molecule has 0 bridgehead atoms. The molecule has 3 aromatic rings. The number of nitrogens with one attached hydrogen (secondary N) is 1. The molecule has 2 N–H and O–H groups in total. The van der Waals surface area contributed by atoms with E-state index >= 15 is 0 Å². The fourth-order valence-corrected chi connectivity index (χ4v) is 4.25. The Bertz CT molecular complexity index is 947. The summed E-state index contributed by atoms with van der Waals surface area (Å²) in [4.78, 5) is 0. The van der Waals surface area contributed by atoms with Crippen LogP contribution in [0.3, 0.4) is 0 Å². The lowest BCUT2D eigenvalue weighted by Crippen LogP contribution is -2.30. The number of aryl methyl sites for hydroxylation is 2. The van der Waals surface area contributed by atoms with Crippen molar-refractivity contribution >= 4 is 10.9 Å². The summed E-state index contributed by atoms with van der Waals surface area (Å²) in [6, 6.07) is 13.4. The molecule has 1 aliphatic rings. The number of rotatable bonds is 6. The Balaban J connectivity index is 1.49. The third-order valence-electron chi connectivity index (χ3n) is 5.58. The number of aliphatic hydroxyl groups excluding tert-OH is 1. The molecule has 2 aromatic carbocycles. The van der Waals surface area contributed by atoms with Crippen LogP contribution in [-0.4, -0.2) is 22.3 Å². The number of hydrogen-bond donors (Lipinski definition) is 2. The second-order valence-corrected chi connectivity index (χ2v) is 7.64. The monoisotopic (exact) mass is 366 g/mol. The van der Waals surface area contributed by atoms with Crippen molar-refractivity contribution in [2.75, 3.05) is 6.54 Å². The van der Waals surface area contributed by atoms with Crippen molar-refractivity contribution in [3.8, 4) is 0 Å². The molecule has 4 rings (SSSR count). The molecule has 27 heavy (non-hydrogen) atoms. The molecule has 1 aromatic heterocycles. The number of aliphatic hydroxyl groups is 1. The second-order valence-electron chi connectivity index (χ2n) is 7.64. The number of hydrogen-bond acceptors (Lipinski definition) is 2. The van der Waals surface area contributed by atoms with E-state index in [0.29, 0.717) is 25.2 Å². The average molecular weight is 366 g/mol. The number of nitrogens with zero attached hydrogens (tertiary/aromatic N) is 1. The van der Waals surface area contributed by atoms with Crippen LogP contribution in [0.2, 0.25) is 0 Å². The van der Waals surface area contributed by atoms with Crippen molar-refractivity contribution < 1.29 is 9.50 Å². The van der Waals surface area contributed by atoms with E-state index in [-0.39, 0.29) is 5.82 Å². The van der Waals surface area contributed by atoms with Crippen molar-refractivity contribution in [3.05, 3.63) is 70.7 Å². The molecule has 0 aliphatic heterocycles. The highest BCUT2D eigenvalue weighted by Gasteiger charge is 2.21. The molecular formula is C23H27FN2O. The predicted molar refractivity (Wildman–Crippen MR) is 107 cm³/mol. The van der Waals surface area contributed by atoms with E-state index in [1.165, 1.54) is 46.6 Å². The van der Waals surface area contributed by atoms with Gasteiger partial charge in [-0.15, -0.1) is 0 Å². The maximum Gasteiger partial charge on any atom is 0.127 e. The van der Waals surface area contributed by atoms with Gasteiger partial charge in [-0.2, -0.15) is 0 Å². The number of aromatic nitrogens is 1. The van der Waals surface area contributed by atoms with Gasteiger partial charge in [-0.25, -0.2) is 4.39 Å². The molecule has 4 heteroatoms. The highest BCUT2D eigenvalue weighted by Crippen LogP contribution is 2.33. The zero-order chi connectivity index (χ0) is 18.8. The van der Waals surface area contributed by atoms with E-state index in [1.54, 1.807) is 12.1 Å². The van der Waals surface area contributed by atoms with Gasteiger partial charge in [0.1, 0.15) is 5.82 Å². The molecule has 0 saturated carbocycles. The van der Waals surface area contributed by atoms with Gasteiger partial charge in [0.2, 0.25) is 0 Å². The van der Waals surface area contributed by atoms with Gasteiger partial charge < -0.3 is 15.0 Å². The molecule has 0 saturated heterocycles. The molecule has 1 atom stereocenters. The summed E-state index contributed by atoms with van der Waals surface area (Å²) in [6.07, 6.45) is 4.15. The minimum absolute atomic E-state index is 0.208. The van der Waals surface area contributed by atoms with Crippen LogP contribution in [0.5, 0.6) is 0 Å². The van der Waals surface area contributed by atoms with Crippen molar-refractivity contribution in [2.24, 2.45) is 0 Å². The molecule has 0 spiro atoms. The van der Waals surface area contributed by atoms with Gasteiger partial charge >= 0.3 is 0 Å². The van der Waals surface area contributed by atoms with Crippen molar-refractivity contribution in [1.82, 2.24) is 9.88 Å². The molecule has 1 heterocycles. The van der Waals surface area contributed by atoms with Crippen LogP contribution in [0.4, 0.5) is 4.39 Å². The Morgan fingerprint density at radius 1 is 1.15 bits per heavy atom. The van der Waals surface area contributed by atoms with E-state index in [4.69, 9.17) is 0 Å². The zero-order valence-electron chi connectivity index (χ0n) is 15.8. The Hall–Kier alpha value is -2.17. The number of fused-ring (bicyclic) bond motifs is 3. The van der Waals surface area contributed by atoms with Gasteiger partial charge in [0.15, 0.2) is 0 Å². The van der Waals surface area contributed by atoms with E-state index in [1.807, 2.05) is 6.07 Å². The van der Waals surface area contributed by atoms with Crippen molar-refractivity contribution in [2.45, 2.75) is 51.8 Å². The van der Waals surface area contributed by atoms with Crippen LogP contribution in [0.25, 0.3) is 10.9 Å². The summed E-state index contributed by atoms with van der Waals surface area (Å²) in [5.74, 6) is -0.208. The maximum absolute atomic E-state index is 13.7. The molecule has 142 valence electrons. The van der Waals surface area contributed by atoms with Gasteiger partial charge in [0, 0.05) is 35.2 Å². The van der Waals surface area contributed by atoms with E-state index < -0.39 is 6.10 Å². The molecule has 1 aliphatic carbocycles. The van der Waals surface area contributed by atoms with E-state index in [0.717, 1.165) is 12.8 Å². The third-order valence-corrected chi connectivity index (χ3v) is 5.58. The standard InChI is InChI=1S/C23H27FN2O/c1-16-10-11-23-20(12-16)19-7-3-5-9-22(19)26(23)15-18(27)14-25-13-17-6-2-4-8-21(17)24/h2,4,6,8,10-12,18,25,27H,3,5,7,9,13-15H2,1H3/t18-/m0/s1. The molecule has 3 nitrogen and oxygen atoms in total. The molecule has 0 radical (unpaired) electrons. The average Bonchev–Trinajstić information content (AvgIpc) is 2.97. The molecular weight excluding hydrogens is 339 g/mol. The Labute approximate surface area is 159 Å². The highest BCUT2D eigenvalue weighted by atomic mass is 19.1. The maximum atomic E-state index is 13.7. The smallest absolute Gasteiger partial charge is 0.127 e. The van der Waals surface area contributed by atoms with Crippen LogP contribution in [0, 0.1) is 12.7 Å². The summed E-state index contributed by atoms with van der Waals surface area (Å²) in [5.41, 5.74) is 5.98. The van der Waals surface area contributed by atoms with Crippen molar-refractivity contribution in [1.29, 1.82) is 0 Å². The Morgan fingerprint density at radius 3 is 2.81 bits per heavy atom. The second kappa shape index (κ2) is 7.83. The fraction of sp³-hybridized carbons (Fsp3) is 0.391. The lowest BCUT2D eigenvalue weighted by Gasteiger charge is -2.19. The summed E-state index contributed by atoms with van der Waals surface area (Å²) in [6.45, 7) is 3.56. The van der Waals surface area contributed by atoms with Crippen LogP contribution in [0.15, 0.2) is 42.5 Å². The van der Waals surface area contributed by atoms with E-state index in [2.05, 4.69) is 35.0 Å². The Kier molecular flexibility index (Phi) is 5.28. The van der Waals surface area contributed by atoms with Crippen LogP contribution >= 0.6 is 0 Å². The van der Waals surface area contributed by atoms with Gasteiger partial charge in [-0.1, -0.05) is 29.8 Å². The third kappa shape index (κ3) is 3.78. The van der Waals surface area contributed by atoms with E-state index in [9.17, 15) is 9.50 Å². The minimum Gasteiger partial charge on any atom is -0.390 e. The molecule has 0 fully saturated rings. The minimum atomic E-state index is -0.514. The first-order valence-electron chi connectivity index (χ1n) is 9.86. The van der Waals surface area contributed by atoms with Crippen LogP contribution in [0.1, 0.15) is 35.2 Å². The van der Waals surface area contributed by atoms with Gasteiger partial charge in [-0.3, -0.25) is 0 Å². The van der Waals surface area contributed by atoms with Crippen LogP contribution < -0.4 is 5.32 Å². The summed E-state index contributed by atoms with van der Waals surface area (Å²) < 4.78 is 16.0. The lowest BCUT2D eigenvalue weighted by atomic mass is 9.95. The summed E-state index contributed by atoms with van der Waals surface area (Å²) in [7, 11) is 0.